The molecule has 4 nitrogen and oxygen atoms in total. The first kappa shape index (κ1) is 14.6. The van der Waals surface area contributed by atoms with Gasteiger partial charge in [0, 0.05) is 16.1 Å². The van der Waals surface area contributed by atoms with E-state index in [-0.39, 0.29) is 12.3 Å². The third kappa shape index (κ3) is 2.97. The monoisotopic (exact) mass is 314 g/mol. The third-order valence-corrected chi connectivity index (χ3v) is 3.74. The molecular formula is C17H15ClN2O2. The summed E-state index contributed by atoms with van der Waals surface area (Å²) in [6.07, 6.45) is 0.155. The van der Waals surface area contributed by atoms with E-state index in [1.54, 1.807) is 12.1 Å². The SMILES string of the molecule is Cc1ccc2onc(CC(=O)Nc3cc(Cl)ccc3C)c2c1. The first-order chi connectivity index (χ1) is 10.5. The zero-order valence-electron chi connectivity index (χ0n) is 12.3. The molecule has 2 aromatic carbocycles. The number of nitrogens with one attached hydrogen (secondary N) is 1. The lowest BCUT2D eigenvalue weighted by atomic mass is 10.1. The lowest BCUT2D eigenvalue weighted by Crippen LogP contribution is -2.15. The van der Waals surface area contributed by atoms with Crippen molar-refractivity contribution in [3.63, 3.8) is 0 Å². The van der Waals surface area contributed by atoms with Crippen molar-refractivity contribution in [2.45, 2.75) is 20.3 Å². The minimum absolute atomic E-state index is 0.151. The van der Waals surface area contributed by atoms with Gasteiger partial charge in [-0.15, -0.1) is 0 Å². The van der Waals surface area contributed by atoms with Gasteiger partial charge in [0.15, 0.2) is 5.58 Å². The van der Waals surface area contributed by atoms with Crippen molar-refractivity contribution in [3.05, 3.63) is 58.2 Å². The Morgan fingerprint density at radius 1 is 1.23 bits per heavy atom. The number of carbonyl (C=O) groups is 1. The standard InChI is InChI=1S/C17H15ClN2O2/c1-10-3-6-16-13(7-10)15(20-22-16)9-17(21)19-14-8-12(18)5-4-11(14)2/h3-8H,9H2,1-2H3,(H,19,21). The molecule has 0 fully saturated rings. The van der Waals surface area contributed by atoms with Gasteiger partial charge >= 0.3 is 0 Å². The predicted molar refractivity (Wildman–Crippen MR) is 87.3 cm³/mol. The van der Waals surface area contributed by atoms with Crippen LogP contribution in [0.2, 0.25) is 5.02 Å². The van der Waals surface area contributed by atoms with Gasteiger partial charge in [0.05, 0.1) is 6.42 Å². The summed E-state index contributed by atoms with van der Waals surface area (Å²) in [5, 5.41) is 8.32. The van der Waals surface area contributed by atoms with Crippen molar-refractivity contribution in [1.82, 2.24) is 5.16 Å². The van der Waals surface area contributed by atoms with Gasteiger partial charge in [0.2, 0.25) is 5.91 Å². The number of aryl methyl sites for hydroxylation is 2. The molecule has 1 aromatic heterocycles. The molecule has 0 saturated heterocycles. The number of halogens is 1. The van der Waals surface area contributed by atoms with Crippen LogP contribution in [0.1, 0.15) is 16.8 Å². The van der Waals surface area contributed by atoms with Crippen LogP contribution in [-0.4, -0.2) is 11.1 Å². The average molecular weight is 315 g/mol. The van der Waals surface area contributed by atoms with Crippen LogP contribution >= 0.6 is 11.6 Å². The summed E-state index contributed by atoms with van der Waals surface area (Å²) in [5.74, 6) is -0.151. The van der Waals surface area contributed by atoms with Crippen LogP contribution < -0.4 is 5.32 Å². The van der Waals surface area contributed by atoms with Gasteiger partial charge < -0.3 is 9.84 Å². The summed E-state index contributed by atoms with van der Waals surface area (Å²) in [6.45, 7) is 3.91. The number of hydrogen-bond donors (Lipinski definition) is 1. The number of fused-ring (bicyclic) bond motifs is 1. The van der Waals surface area contributed by atoms with Crippen molar-refractivity contribution in [3.8, 4) is 0 Å². The summed E-state index contributed by atoms with van der Waals surface area (Å²) in [4.78, 5) is 12.2. The van der Waals surface area contributed by atoms with Crippen LogP contribution in [0.25, 0.3) is 11.0 Å². The number of benzene rings is 2. The summed E-state index contributed by atoms with van der Waals surface area (Å²) >= 11 is 5.96. The maximum Gasteiger partial charge on any atom is 0.230 e. The Balaban J connectivity index is 1.81. The maximum atomic E-state index is 12.2. The Kier molecular flexibility index (Phi) is 3.86. The van der Waals surface area contributed by atoms with Crippen LogP contribution in [0.5, 0.6) is 0 Å². The highest BCUT2D eigenvalue weighted by Gasteiger charge is 2.13. The molecule has 0 radical (unpaired) electrons. The molecule has 0 saturated carbocycles. The number of anilines is 1. The van der Waals surface area contributed by atoms with Gasteiger partial charge in [-0.3, -0.25) is 4.79 Å². The zero-order valence-corrected chi connectivity index (χ0v) is 13.1. The highest BCUT2D eigenvalue weighted by atomic mass is 35.5. The van der Waals surface area contributed by atoms with Crippen LogP contribution in [0, 0.1) is 13.8 Å². The van der Waals surface area contributed by atoms with E-state index in [2.05, 4.69) is 10.5 Å². The van der Waals surface area contributed by atoms with Gasteiger partial charge in [-0.05, 0) is 43.7 Å². The molecular weight excluding hydrogens is 300 g/mol. The number of rotatable bonds is 3. The molecule has 1 amide bonds. The molecule has 0 spiro atoms. The van der Waals surface area contributed by atoms with Crippen LogP contribution in [0.3, 0.4) is 0 Å². The fourth-order valence-corrected chi connectivity index (χ4v) is 2.48. The summed E-state index contributed by atoms with van der Waals surface area (Å²) in [7, 11) is 0. The van der Waals surface area contributed by atoms with Crippen molar-refractivity contribution in [2.75, 3.05) is 5.32 Å². The minimum Gasteiger partial charge on any atom is -0.356 e. The highest BCUT2D eigenvalue weighted by Crippen LogP contribution is 2.22. The molecule has 0 aliphatic rings. The Morgan fingerprint density at radius 2 is 2.05 bits per heavy atom. The van der Waals surface area contributed by atoms with E-state index in [1.165, 1.54) is 0 Å². The highest BCUT2D eigenvalue weighted by molar-refractivity contribution is 6.31. The fourth-order valence-electron chi connectivity index (χ4n) is 2.31. The smallest absolute Gasteiger partial charge is 0.230 e. The van der Waals surface area contributed by atoms with Crippen molar-refractivity contribution < 1.29 is 9.32 Å². The number of amides is 1. The molecule has 1 heterocycles. The summed E-state index contributed by atoms with van der Waals surface area (Å²) in [6, 6.07) is 11.2. The molecule has 22 heavy (non-hydrogen) atoms. The number of aromatic nitrogens is 1. The van der Waals surface area contributed by atoms with E-state index < -0.39 is 0 Å². The summed E-state index contributed by atoms with van der Waals surface area (Å²) < 4.78 is 5.25. The average Bonchev–Trinajstić information content (AvgIpc) is 2.85. The largest absolute Gasteiger partial charge is 0.356 e. The third-order valence-electron chi connectivity index (χ3n) is 3.50. The van der Waals surface area contributed by atoms with E-state index in [4.69, 9.17) is 16.1 Å². The van der Waals surface area contributed by atoms with E-state index in [1.807, 2.05) is 38.1 Å². The van der Waals surface area contributed by atoms with Gasteiger partial charge in [-0.2, -0.15) is 0 Å². The first-order valence-corrected chi connectivity index (χ1v) is 7.31. The minimum atomic E-state index is -0.151. The molecule has 0 atom stereocenters. The maximum absolute atomic E-state index is 12.2. The molecule has 0 aliphatic heterocycles. The molecule has 0 aliphatic carbocycles. The predicted octanol–water partition coefficient (Wildman–Crippen LogP) is 4.28. The topological polar surface area (TPSA) is 55.1 Å². The Hall–Kier alpha value is -2.33. The lowest BCUT2D eigenvalue weighted by Gasteiger charge is -2.08. The van der Waals surface area contributed by atoms with Crippen LogP contribution in [0.4, 0.5) is 5.69 Å². The van der Waals surface area contributed by atoms with Crippen molar-refractivity contribution in [1.29, 1.82) is 0 Å². The fraction of sp³-hybridized carbons (Fsp3) is 0.176. The van der Waals surface area contributed by atoms with E-state index in [0.717, 1.165) is 16.5 Å². The van der Waals surface area contributed by atoms with E-state index >= 15 is 0 Å². The summed E-state index contributed by atoms with van der Waals surface area (Å²) in [5.41, 5.74) is 4.09. The zero-order chi connectivity index (χ0) is 15.7. The second-order valence-corrected chi connectivity index (χ2v) is 5.75. The van der Waals surface area contributed by atoms with Gasteiger partial charge in [-0.1, -0.05) is 34.5 Å². The molecule has 0 bridgehead atoms. The van der Waals surface area contributed by atoms with Crippen molar-refractivity contribution >= 4 is 34.2 Å². The Labute approximate surface area is 133 Å². The van der Waals surface area contributed by atoms with E-state index in [0.29, 0.717) is 22.0 Å². The second kappa shape index (κ2) is 5.81. The second-order valence-electron chi connectivity index (χ2n) is 5.31. The first-order valence-electron chi connectivity index (χ1n) is 6.94. The number of carbonyl (C=O) groups excluding carboxylic acids is 1. The van der Waals surface area contributed by atoms with E-state index in [9.17, 15) is 4.79 Å². The Bertz CT molecular complexity index is 855. The molecule has 0 unspecified atom stereocenters. The number of nitrogens with zero attached hydrogens (tertiary/aromatic N) is 1. The molecule has 3 rings (SSSR count). The lowest BCUT2D eigenvalue weighted by molar-refractivity contribution is -0.115. The molecule has 112 valence electrons. The van der Waals surface area contributed by atoms with Gasteiger partial charge in [0.1, 0.15) is 5.69 Å². The quantitative estimate of drug-likeness (QED) is 0.785. The van der Waals surface area contributed by atoms with Crippen LogP contribution in [-0.2, 0) is 11.2 Å². The molecule has 3 aromatic rings. The van der Waals surface area contributed by atoms with Gasteiger partial charge in [-0.25, -0.2) is 0 Å². The van der Waals surface area contributed by atoms with Crippen LogP contribution in [0.15, 0.2) is 40.9 Å². The molecule has 1 N–H and O–H groups in total. The molecule has 5 heteroatoms. The Morgan fingerprint density at radius 3 is 2.86 bits per heavy atom. The number of hydrogen-bond acceptors (Lipinski definition) is 3. The normalized spacial score (nSPS) is 10.9. The van der Waals surface area contributed by atoms with Crippen molar-refractivity contribution in [2.24, 2.45) is 0 Å². The van der Waals surface area contributed by atoms with Gasteiger partial charge in [0.25, 0.3) is 0 Å².